The van der Waals surface area contributed by atoms with Gasteiger partial charge in [0.2, 0.25) is 5.91 Å². The standard InChI is InChI=1S/C14H22N4O3/c1-14(2,3)10-7-11(17-21-10)16-13(20)15-9-5-6-12(19)18(4)8-9/h7,9H,5-6,8H2,1-4H3,(H2,15,16,17,20). The van der Waals surface area contributed by atoms with Crippen LogP contribution in [-0.2, 0) is 10.2 Å². The number of hydrogen-bond acceptors (Lipinski definition) is 4. The van der Waals surface area contributed by atoms with Gasteiger partial charge in [0.05, 0.1) is 0 Å². The summed E-state index contributed by atoms with van der Waals surface area (Å²) in [5.41, 5.74) is -0.157. The van der Waals surface area contributed by atoms with Crippen LogP contribution in [0.1, 0.15) is 39.4 Å². The molecule has 2 rings (SSSR count). The van der Waals surface area contributed by atoms with E-state index in [1.807, 2.05) is 20.8 Å². The van der Waals surface area contributed by atoms with E-state index in [2.05, 4.69) is 15.8 Å². The van der Waals surface area contributed by atoms with Gasteiger partial charge in [-0.2, -0.15) is 0 Å². The van der Waals surface area contributed by atoms with Gasteiger partial charge in [-0.15, -0.1) is 0 Å². The molecule has 7 heteroatoms. The Morgan fingerprint density at radius 3 is 2.76 bits per heavy atom. The average Bonchev–Trinajstić information content (AvgIpc) is 2.82. The number of urea groups is 1. The lowest BCUT2D eigenvalue weighted by atomic mass is 9.93. The third kappa shape index (κ3) is 3.96. The van der Waals surface area contributed by atoms with Crippen LogP contribution in [0.5, 0.6) is 0 Å². The van der Waals surface area contributed by atoms with E-state index in [1.54, 1.807) is 18.0 Å². The Morgan fingerprint density at radius 1 is 1.48 bits per heavy atom. The van der Waals surface area contributed by atoms with Crippen molar-refractivity contribution in [3.63, 3.8) is 0 Å². The van der Waals surface area contributed by atoms with Crippen molar-refractivity contribution in [2.75, 3.05) is 18.9 Å². The minimum absolute atomic E-state index is 0.0401. The summed E-state index contributed by atoms with van der Waals surface area (Å²) in [5.74, 6) is 1.21. The number of aromatic nitrogens is 1. The van der Waals surface area contributed by atoms with E-state index in [1.165, 1.54) is 0 Å². The molecule has 0 radical (unpaired) electrons. The van der Waals surface area contributed by atoms with E-state index >= 15 is 0 Å². The fraction of sp³-hybridized carbons (Fsp3) is 0.643. The molecule has 0 aromatic carbocycles. The van der Waals surface area contributed by atoms with E-state index in [4.69, 9.17) is 4.52 Å². The highest BCUT2D eigenvalue weighted by molar-refractivity contribution is 5.88. The quantitative estimate of drug-likeness (QED) is 0.869. The second-order valence-corrected chi connectivity index (χ2v) is 6.43. The molecule has 2 heterocycles. The smallest absolute Gasteiger partial charge is 0.320 e. The van der Waals surface area contributed by atoms with Crippen molar-refractivity contribution < 1.29 is 14.1 Å². The topological polar surface area (TPSA) is 87.5 Å². The Kier molecular flexibility index (Phi) is 4.20. The number of nitrogens with one attached hydrogen (secondary N) is 2. The van der Waals surface area contributed by atoms with E-state index in [-0.39, 0.29) is 23.4 Å². The highest BCUT2D eigenvalue weighted by atomic mass is 16.5. The highest BCUT2D eigenvalue weighted by Gasteiger charge is 2.25. The number of likely N-dealkylation sites (tertiary alicyclic amines) is 1. The van der Waals surface area contributed by atoms with Crippen LogP contribution in [-0.4, -0.2) is 41.6 Å². The minimum atomic E-state index is -0.337. The molecule has 1 aromatic heterocycles. The van der Waals surface area contributed by atoms with Crippen LogP contribution in [0.3, 0.4) is 0 Å². The lowest BCUT2D eigenvalue weighted by molar-refractivity contribution is -0.132. The molecule has 0 spiro atoms. The van der Waals surface area contributed by atoms with Crippen LogP contribution in [0.2, 0.25) is 0 Å². The van der Waals surface area contributed by atoms with E-state index in [0.29, 0.717) is 31.0 Å². The Bertz CT molecular complexity index is 533. The number of anilines is 1. The Hall–Kier alpha value is -2.05. The maximum absolute atomic E-state index is 11.9. The number of carbonyl (C=O) groups is 2. The van der Waals surface area contributed by atoms with Gasteiger partial charge < -0.3 is 14.7 Å². The van der Waals surface area contributed by atoms with Gasteiger partial charge in [-0.25, -0.2) is 4.79 Å². The fourth-order valence-electron chi connectivity index (χ4n) is 2.16. The lowest BCUT2D eigenvalue weighted by Gasteiger charge is -2.29. The molecule has 7 nitrogen and oxygen atoms in total. The summed E-state index contributed by atoms with van der Waals surface area (Å²) in [7, 11) is 1.74. The van der Waals surface area contributed by atoms with Crippen molar-refractivity contribution in [2.24, 2.45) is 0 Å². The lowest BCUT2D eigenvalue weighted by Crippen LogP contribution is -2.49. The third-order valence-corrected chi connectivity index (χ3v) is 3.45. The highest BCUT2D eigenvalue weighted by Crippen LogP contribution is 2.24. The molecule has 2 N–H and O–H groups in total. The van der Waals surface area contributed by atoms with Gasteiger partial charge in [-0.1, -0.05) is 25.9 Å². The first-order valence-corrected chi connectivity index (χ1v) is 7.04. The summed E-state index contributed by atoms with van der Waals surface area (Å²) in [6.45, 7) is 6.54. The SMILES string of the molecule is CN1CC(NC(=O)Nc2cc(C(C)(C)C)on2)CCC1=O. The van der Waals surface area contributed by atoms with Gasteiger partial charge in [0.15, 0.2) is 5.82 Å². The van der Waals surface area contributed by atoms with Gasteiger partial charge in [0, 0.05) is 37.5 Å². The van der Waals surface area contributed by atoms with Crippen LogP contribution >= 0.6 is 0 Å². The normalized spacial score (nSPS) is 19.5. The summed E-state index contributed by atoms with van der Waals surface area (Å²) < 4.78 is 5.21. The molecule has 0 saturated carbocycles. The van der Waals surface area contributed by atoms with E-state index in [9.17, 15) is 9.59 Å². The molecule has 0 aliphatic carbocycles. The van der Waals surface area contributed by atoms with Crippen LogP contribution in [0.15, 0.2) is 10.6 Å². The second-order valence-electron chi connectivity index (χ2n) is 6.43. The number of nitrogens with zero attached hydrogens (tertiary/aromatic N) is 2. The zero-order valence-electron chi connectivity index (χ0n) is 12.9. The number of rotatable bonds is 2. The van der Waals surface area contributed by atoms with Gasteiger partial charge >= 0.3 is 6.03 Å². The third-order valence-electron chi connectivity index (χ3n) is 3.45. The predicted octanol–water partition coefficient (Wildman–Crippen LogP) is 1.71. The summed E-state index contributed by atoms with van der Waals surface area (Å²) in [4.78, 5) is 24.9. The largest absolute Gasteiger partial charge is 0.359 e. The Balaban J connectivity index is 1.87. The molecule has 116 valence electrons. The molecule has 21 heavy (non-hydrogen) atoms. The number of piperidine rings is 1. The van der Waals surface area contributed by atoms with Crippen molar-refractivity contribution >= 4 is 17.8 Å². The maximum atomic E-state index is 11.9. The van der Waals surface area contributed by atoms with Gasteiger partial charge in [0.1, 0.15) is 5.76 Å². The molecule has 0 bridgehead atoms. The van der Waals surface area contributed by atoms with Gasteiger partial charge in [0.25, 0.3) is 0 Å². The molecular weight excluding hydrogens is 272 g/mol. The average molecular weight is 294 g/mol. The first-order valence-electron chi connectivity index (χ1n) is 7.04. The van der Waals surface area contributed by atoms with Gasteiger partial charge in [-0.05, 0) is 6.42 Å². The number of hydrogen-bond donors (Lipinski definition) is 2. The molecule has 1 aliphatic rings. The zero-order chi connectivity index (χ0) is 15.6. The zero-order valence-corrected chi connectivity index (χ0v) is 12.9. The van der Waals surface area contributed by atoms with Gasteiger partial charge in [-0.3, -0.25) is 10.1 Å². The molecule has 1 aromatic rings. The molecular formula is C14H22N4O3. The molecule has 1 saturated heterocycles. The first kappa shape index (κ1) is 15.3. The van der Waals surface area contributed by atoms with Crippen LogP contribution in [0.25, 0.3) is 0 Å². The molecule has 1 atom stereocenters. The maximum Gasteiger partial charge on any atom is 0.320 e. The van der Waals surface area contributed by atoms with Crippen LogP contribution in [0.4, 0.5) is 10.6 Å². The summed E-state index contributed by atoms with van der Waals surface area (Å²) in [6.07, 6.45) is 1.11. The van der Waals surface area contributed by atoms with Crippen molar-refractivity contribution in [2.45, 2.75) is 45.1 Å². The van der Waals surface area contributed by atoms with Crippen molar-refractivity contribution in [3.05, 3.63) is 11.8 Å². The second kappa shape index (κ2) is 5.75. The van der Waals surface area contributed by atoms with Crippen LogP contribution < -0.4 is 10.6 Å². The number of likely N-dealkylation sites (N-methyl/N-ethyl adjacent to an activating group) is 1. The van der Waals surface area contributed by atoms with Crippen LogP contribution in [0, 0.1) is 0 Å². The summed E-state index contributed by atoms with van der Waals surface area (Å²) >= 11 is 0. The van der Waals surface area contributed by atoms with E-state index in [0.717, 1.165) is 0 Å². The fourth-order valence-corrected chi connectivity index (χ4v) is 2.16. The summed E-state index contributed by atoms with van der Waals surface area (Å²) in [6, 6.07) is 1.34. The number of amides is 3. The Morgan fingerprint density at radius 2 is 2.19 bits per heavy atom. The number of carbonyl (C=O) groups excluding carboxylic acids is 2. The van der Waals surface area contributed by atoms with Crippen molar-refractivity contribution in [1.82, 2.24) is 15.4 Å². The Labute approximate surface area is 124 Å². The summed E-state index contributed by atoms with van der Waals surface area (Å²) in [5, 5.41) is 9.32. The molecule has 1 aliphatic heterocycles. The predicted molar refractivity (Wildman–Crippen MR) is 78.0 cm³/mol. The minimum Gasteiger partial charge on any atom is -0.359 e. The first-order chi connectivity index (χ1) is 9.75. The molecule has 3 amide bonds. The molecule has 1 fully saturated rings. The van der Waals surface area contributed by atoms with Crippen molar-refractivity contribution in [1.29, 1.82) is 0 Å². The van der Waals surface area contributed by atoms with Crippen molar-refractivity contribution in [3.8, 4) is 0 Å². The van der Waals surface area contributed by atoms with E-state index < -0.39 is 0 Å². The molecule has 1 unspecified atom stereocenters. The monoisotopic (exact) mass is 294 g/mol.